The number of nitrogens with zero attached hydrogens (tertiary/aromatic N) is 5. The van der Waals surface area contributed by atoms with Gasteiger partial charge < -0.3 is 10.7 Å². The van der Waals surface area contributed by atoms with Gasteiger partial charge in [-0.25, -0.2) is 4.98 Å². The first-order chi connectivity index (χ1) is 15.3. The van der Waals surface area contributed by atoms with Gasteiger partial charge in [0.15, 0.2) is 5.82 Å². The quantitative estimate of drug-likeness (QED) is 0.406. The molecule has 31 heavy (non-hydrogen) atoms. The molecule has 0 saturated heterocycles. The van der Waals surface area contributed by atoms with Gasteiger partial charge in [0, 0.05) is 47.5 Å². The lowest BCUT2D eigenvalue weighted by molar-refractivity contribution is 1.11. The summed E-state index contributed by atoms with van der Waals surface area (Å²) in [6.07, 6.45) is 8.70. The summed E-state index contributed by atoms with van der Waals surface area (Å²) >= 11 is 0. The molecule has 8 heteroatoms. The van der Waals surface area contributed by atoms with Crippen molar-refractivity contribution in [1.82, 2.24) is 35.1 Å². The van der Waals surface area contributed by atoms with E-state index < -0.39 is 0 Å². The van der Waals surface area contributed by atoms with Crippen molar-refractivity contribution < 1.29 is 0 Å². The maximum absolute atomic E-state index is 5.91. The fourth-order valence-corrected chi connectivity index (χ4v) is 3.76. The van der Waals surface area contributed by atoms with Gasteiger partial charge in [-0.3, -0.25) is 20.1 Å². The van der Waals surface area contributed by atoms with Crippen molar-refractivity contribution in [3.63, 3.8) is 0 Å². The molecule has 5 aromatic heterocycles. The van der Waals surface area contributed by atoms with Crippen molar-refractivity contribution in [2.45, 2.75) is 0 Å². The molecule has 5 heterocycles. The zero-order valence-electron chi connectivity index (χ0n) is 16.2. The van der Waals surface area contributed by atoms with E-state index in [1.807, 2.05) is 36.4 Å². The van der Waals surface area contributed by atoms with Crippen LogP contribution in [0.1, 0.15) is 0 Å². The van der Waals surface area contributed by atoms with Gasteiger partial charge in [0.1, 0.15) is 11.2 Å². The fraction of sp³-hybridized carbons (Fsp3) is 0. The lowest BCUT2D eigenvalue weighted by atomic mass is 10.0. The zero-order valence-corrected chi connectivity index (χ0v) is 16.2. The summed E-state index contributed by atoms with van der Waals surface area (Å²) in [6.45, 7) is 0. The average molecular weight is 404 g/mol. The molecule has 0 aliphatic heterocycles. The van der Waals surface area contributed by atoms with Gasteiger partial charge in [-0.1, -0.05) is 6.07 Å². The number of hydrogen-bond donors (Lipinski definition) is 3. The van der Waals surface area contributed by atoms with Crippen LogP contribution in [0.25, 0.3) is 55.8 Å². The van der Waals surface area contributed by atoms with Crippen LogP contribution in [0.3, 0.4) is 0 Å². The lowest BCUT2D eigenvalue weighted by Crippen LogP contribution is -1.88. The van der Waals surface area contributed by atoms with Crippen molar-refractivity contribution in [2.75, 3.05) is 5.73 Å². The Balaban J connectivity index is 1.51. The van der Waals surface area contributed by atoms with Crippen LogP contribution < -0.4 is 5.73 Å². The van der Waals surface area contributed by atoms with Crippen LogP contribution in [-0.2, 0) is 0 Å². The number of nitrogens with two attached hydrogens (primary N) is 1. The van der Waals surface area contributed by atoms with Gasteiger partial charge in [-0.05, 0) is 42.0 Å². The van der Waals surface area contributed by atoms with Crippen LogP contribution in [0.15, 0.2) is 73.4 Å². The first kappa shape index (κ1) is 17.3. The summed E-state index contributed by atoms with van der Waals surface area (Å²) < 4.78 is 0. The first-order valence-electron chi connectivity index (χ1n) is 9.71. The lowest BCUT2D eigenvalue weighted by Gasteiger charge is -2.03. The second-order valence-electron chi connectivity index (χ2n) is 7.22. The van der Waals surface area contributed by atoms with E-state index in [9.17, 15) is 0 Å². The van der Waals surface area contributed by atoms with Crippen molar-refractivity contribution in [3.05, 3.63) is 73.4 Å². The highest BCUT2D eigenvalue weighted by Crippen LogP contribution is 2.32. The van der Waals surface area contributed by atoms with Crippen LogP contribution in [0.5, 0.6) is 0 Å². The van der Waals surface area contributed by atoms with Gasteiger partial charge in [-0.15, -0.1) is 0 Å². The van der Waals surface area contributed by atoms with Crippen molar-refractivity contribution in [2.24, 2.45) is 0 Å². The number of hydrogen-bond acceptors (Lipinski definition) is 6. The number of aromatic amines is 2. The minimum atomic E-state index is 0.624. The SMILES string of the molecule is Nc1cncc(-c2ccc3[nH]nc(-c4nc5c(-c6ccncc6)nccc5[nH]4)c3c2)c1. The Labute approximate surface area is 176 Å². The Morgan fingerprint density at radius 3 is 2.52 bits per heavy atom. The van der Waals surface area contributed by atoms with Crippen LogP contribution >= 0.6 is 0 Å². The average Bonchev–Trinajstić information content (AvgIpc) is 3.43. The number of rotatable bonds is 3. The number of anilines is 1. The van der Waals surface area contributed by atoms with E-state index in [4.69, 9.17) is 10.7 Å². The molecule has 0 unspecified atom stereocenters. The third kappa shape index (κ3) is 2.89. The third-order valence-corrected chi connectivity index (χ3v) is 5.23. The Kier molecular flexibility index (Phi) is 3.76. The van der Waals surface area contributed by atoms with E-state index in [2.05, 4.69) is 36.2 Å². The van der Waals surface area contributed by atoms with Gasteiger partial charge >= 0.3 is 0 Å². The molecule has 0 aliphatic rings. The fourth-order valence-electron chi connectivity index (χ4n) is 3.76. The molecule has 148 valence electrons. The van der Waals surface area contributed by atoms with Gasteiger partial charge in [-0.2, -0.15) is 5.10 Å². The van der Waals surface area contributed by atoms with Gasteiger partial charge in [0.05, 0.1) is 22.4 Å². The Morgan fingerprint density at radius 2 is 1.65 bits per heavy atom. The summed E-state index contributed by atoms with van der Waals surface area (Å²) in [5.74, 6) is 0.674. The largest absolute Gasteiger partial charge is 0.397 e. The maximum atomic E-state index is 5.91. The zero-order chi connectivity index (χ0) is 20.8. The Morgan fingerprint density at radius 1 is 0.742 bits per heavy atom. The third-order valence-electron chi connectivity index (χ3n) is 5.23. The molecular weight excluding hydrogens is 388 g/mol. The number of nitrogen functional groups attached to an aromatic ring is 1. The number of nitrogens with one attached hydrogen (secondary N) is 2. The summed E-state index contributed by atoms with van der Waals surface area (Å²) in [7, 11) is 0. The highest BCUT2D eigenvalue weighted by Gasteiger charge is 2.16. The molecule has 0 amide bonds. The minimum Gasteiger partial charge on any atom is -0.397 e. The highest BCUT2D eigenvalue weighted by molar-refractivity contribution is 5.97. The van der Waals surface area contributed by atoms with E-state index in [-0.39, 0.29) is 0 Å². The number of benzene rings is 1. The topological polar surface area (TPSA) is 122 Å². The van der Waals surface area contributed by atoms with Crippen LogP contribution in [0.4, 0.5) is 5.69 Å². The second-order valence-corrected chi connectivity index (χ2v) is 7.22. The Hall–Kier alpha value is -4.59. The highest BCUT2D eigenvalue weighted by atomic mass is 15.1. The molecule has 6 aromatic rings. The van der Waals surface area contributed by atoms with Crippen LogP contribution in [-0.4, -0.2) is 35.1 Å². The maximum Gasteiger partial charge on any atom is 0.159 e. The van der Waals surface area contributed by atoms with E-state index in [1.54, 1.807) is 31.0 Å². The van der Waals surface area contributed by atoms with E-state index in [0.717, 1.165) is 50.0 Å². The van der Waals surface area contributed by atoms with E-state index >= 15 is 0 Å². The summed E-state index contributed by atoms with van der Waals surface area (Å²) in [4.78, 5) is 21.1. The number of pyridine rings is 3. The number of H-pyrrole nitrogens is 2. The van der Waals surface area contributed by atoms with E-state index in [0.29, 0.717) is 11.5 Å². The van der Waals surface area contributed by atoms with Crippen LogP contribution in [0.2, 0.25) is 0 Å². The molecule has 0 aliphatic carbocycles. The molecule has 0 spiro atoms. The molecule has 0 fully saturated rings. The molecule has 0 bridgehead atoms. The number of aromatic nitrogens is 7. The predicted molar refractivity (Wildman–Crippen MR) is 120 cm³/mol. The van der Waals surface area contributed by atoms with Gasteiger partial charge in [0.25, 0.3) is 0 Å². The minimum absolute atomic E-state index is 0.624. The summed E-state index contributed by atoms with van der Waals surface area (Å²) in [5, 5.41) is 8.58. The molecule has 8 nitrogen and oxygen atoms in total. The molecule has 0 radical (unpaired) electrons. The molecular formula is C23H16N8. The monoisotopic (exact) mass is 404 g/mol. The normalized spacial score (nSPS) is 11.4. The molecule has 1 aromatic carbocycles. The first-order valence-corrected chi connectivity index (χ1v) is 9.71. The summed E-state index contributed by atoms with van der Waals surface area (Å²) in [5.41, 5.74) is 13.6. The Bertz CT molecular complexity index is 1550. The number of imidazole rings is 1. The predicted octanol–water partition coefficient (Wildman–Crippen LogP) is 4.21. The van der Waals surface area contributed by atoms with Gasteiger partial charge in [0.2, 0.25) is 0 Å². The van der Waals surface area contributed by atoms with E-state index in [1.165, 1.54) is 0 Å². The second kappa shape index (κ2) is 6.74. The smallest absolute Gasteiger partial charge is 0.159 e. The van der Waals surface area contributed by atoms with Crippen molar-refractivity contribution in [1.29, 1.82) is 0 Å². The van der Waals surface area contributed by atoms with Crippen LogP contribution in [0, 0.1) is 0 Å². The standard InChI is InChI=1S/C23H16N8/c24-16-9-15(11-26-12-16)14-1-2-18-17(10-14)21(31-30-18)23-28-19-5-8-27-20(22(19)29-23)13-3-6-25-7-4-13/h1-12H,24H2,(H,28,29)(H,30,31). The summed E-state index contributed by atoms with van der Waals surface area (Å²) in [6, 6.07) is 13.7. The van der Waals surface area contributed by atoms with Crippen molar-refractivity contribution in [3.8, 4) is 33.9 Å². The number of fused-ring (bicyclic) bond motifs is 2. The van der Waals surface area contributed by atoms with Crippen molar-refractivity contribution >= 4 is 27.6 Å². The molecule has 0 saturated carbocycles. The molecule has 0 atom stereocenters. The molecule has 4 N–H and O–H groups in total. The molecule has 6 rings (SSSR count).